The van der Waals surface area contributed by atoms with Gasteiger partial charge in [-0.05, 0) is 44.7 Å². The second-order valence-corrected chi connectivity index (χ2v) is 8.11. The molecule has 26 heavy (non-hydrogen) atoms. The zero-order valence-corrected chi connectivity index (χ0v) is 15.7. The number of aryl methyl sites for hydroxylation is 1. The van der Waals surface area contributed by atoms with E-state index in [1.165, 1.54) is 7.11 Å². The molecule has 0 radical (unpaired) electrons. The molecular weight excluding hydrogens is 354 g/mol. The molecular formula is C18H23N3O4S. The highest BCUT2D eigenvalue weighted by Crippen LogP contribution is 2.27. The standard InChI is InChI=1S/C18H23N3O4S/c1-13-3-9-16(10-4-13)26(22,23)21-14-5-7-15(8-6-14)25-18-17(24-2)19-11-12-20-18/h3-4,9-12,14-15,21H,5-8H2,1-2H3. The molecule has 0 bridgehead atoms. The van der Waals surface area contributed by atoms with Crippen molar-refractivity contribution in [2.24, 2.45) is 0 Å². The summed E-state index contributed by atoms with van der Waals surface area (Å²) in [5.74, 6) is 0.730. The Morgan fingerprint density at radius 2 is 1.62 bits per heavy atom. The van der Waals surface area contributed by atoms with Crippen LogP contribution in [0, 0.1) is 6.92 Å². The SMILES string of the molecule is COc1nccnc1OC1CCC(NS(=O)(=O)c2ccc(C)cc2)CC1. The zero-order valence-electron chi connectivity index (χ0n) is 14.9. The van der Waals surface area contributed by atoms with E-state index in [1.807, 2.05) is 6.92 Å². The quantitative estimate of drug-likeness (QED) is 0.832. The van der Waals surface area contributed by atoms with Crippen molar-refractivity contribution in [3.63, 3.8) is 0 Å². The van der Waals surface area contributed by atoms with E-state index in [2.05, 4.69) is 14.7 Å². The van der Waals surface area contributed by atoms with Gasteiger partial charge in [-0.2, -0.15) is 0 Å². The summed E-state index contributed by atoms with van der Waals surface area (Å²) < 4.78 is 38.8. The molecule has 0 aliphatic heterocycles. The number of ether oxygens (including phenoxy) is 2. The molecule has 1 aliphatic rings. The molecule has 1 saturated carbocycles. The lowest BCUT2D eigenvalue weighted by molar-refractivity contribution is 0.132. The Morgan fingerprint density at radius 1 is 1.00 bits per heavy atom. The number of hydrogen-bond donors (Lipinski definition) is 1. The largest absolute Gasteiger partial charge is 0.477 e. The monoisotopic (exact) mass is 377 g/mol. The summed E-state index contributed by atoms with van der Waals surface area (Å²) in [5.41, 5.74) is 1.03. The van der Waals surface area contributed by atoms with Gasteiger partial charge in [-0.25, -0.2) is 23.1 Å². The lowest BCUT2D eigenvalue weighted by Gasteiger charge is -2.29. The van der Waals surface area contributed by atoms with Crippen molar-refractivity contribution in [2.75, 3.05) is 7.11 Å². The van der Waals surface area contributed by atoms with Gasteiger partial charge < -0.3 is 9.47 Å². The molecule has 1 fully saturated rings. The van der Waals surface area contributed by atoms with Crippen molar-refractivity contribution in [3.05, 3.63) is 42.2 Å². The normalized spacial score (nSPS) is 20.5. The molecule has 1 heterocycles. The lowest BCUT2D eigenvalue weighted by Crippen LogP contribution is -2.39. The van der Waals surface area contributed by atoms with Gasteiger partial charge in [0.1, 0.15) is 6.10 Å². The Morgan fingerprint density at radius 3 is 2.23 bits per heavy atom. The number of aromatic nitrogens is 2. The van der Waals surface area contributed by atoms with E-state index in [4.69, 9.17) is 9.47 Å². The minimum Gasteiger partial charge on any atom is -0.477 e. The van der Waals surface area contributed by atoms with Crippen LogP contribution in [0.25, 0.3) is 0 Å². The molecule has 2 aromatic rings. The van der Waals surface area contributed by atoms with Crippen molar-refractivity contribution in [3.8, 4) is 11.8 Å². The van der Waals surface area contributed by atoms with E-state index in [0.29, 0.717) is 29.5 Å². The molecule has 1 N–H and O–H groups in total. The molecule has 1 aromatic carbocycles. The maximum absolute atomic E-state index is 12.5. The van der Waals surface area contributed by atoms with E-state index in [0.717, 1.165) is 18.4 Å². The number of sulfonamides is 1. The molecule has 0 spiro atoms. The zero-order chi connectivity index (χ0) is 18.6. The van der Waals surface area contributed by atoms with Crippen LogP contribution in [-0.2, 0) is 10.0 Å². The predicted molar refractivity (Wildman–Crippen MR) is 96.8 cm³/mol. The van der Waals surface area contributed by atoms with Crippen molar-refractivity contribution in [2.45, 2.75) is 49.6 Å². The Labute approximate surface area is 153 Å². The number of benzene rings is 1. The van der Waals surface area contributed by atoms with E-state index >= 15 is 0 Å². The van der Waals surface area contributed by atoms with Gasteiger partial charge in [0.25, 0.3) is 11.8 Å². The van der Waals surface area contributed by atoms with Crippen molar-refractivity contribution in [1.82, 2.24) is 14.7 Å². The van der Waals surface area contributed by atoms with Gasteiger partial charge in [0.05, 0.1) is 12.0 Å². The summed E-state index contributed by atoms with van der Waals surface area (Å²) >= 11 is 0. The lowest BCUT2D eigenvalue weighted by atomic mass is 9.94. The third kappa shape index (κ3) is 4.50. The number of hydrogen-bond acceptors (Lipinski definition) is 6. The van der Waals surface area contributed by atoms with E-state index in [1.54, 1.807) is 36.7 Å². The molecule has 0 unspecified atom stereocenters. The van der Waals surface area contributed by atoms with Gasteiger partial charge in [-0.15, -0.1) is 0 Å². The molecule has 3 rings (SSSR count). The fourth-order valence-corrected chi connectivity index (χ4v) is 4.30. The number of methoxy groups -OCH3 is 1. The van der Waals surface area contributed by atoms with Crippen LogP contribution in [0.2, 0.25) is 0 Å². The second kappa shape index (κ2) is 8.01. The van der Waals surface area contributed by atoms with Crippen LogP contribution in [0.15, 0.2) is 41.6 Å². The first-order chi connectivity index (χ1) is 12.5. The van der Waals surface area contributed by atoms with Crippen molar-refractivity contribution < 1.29 is 17.9 Å². The molecule has 7 nitrogen and oxygen atoms in total. The summed E-state index contributed by atoms with van der Waals surface area (Å²) in [5, 5.41) is 0. The summed E-state index contributed by atoms with van der Waals surface area (Å²) in [7, 11) is -1.98. The molecule has 0 amide bonds. The third-order valence-electron chi connectivity index (χ3n) is 4.43. The highest BCUT2D eigenvalue weighted by molar-refractivity contribution is 7.89. The smallest absolute Gasteiger partial charge is 0.278 e. The van der Waals surface area contributed by atoms with Gasteiger partial charge in [-0.3, -0.25) is 0 Å². The number of nitrogens with one attached hydrogen (secondary N) is 1. The summed E-state index contributed by atoms with van der Waals surface area (Å²) in [6, 6.07) is 6.77. The molecule has 140 valence electrons. The van der Waals surface area contributed by atoms with Gasteiger partial charge >= 0.3 is 0 Å². The van der Waals surface area contributed by atoms with E-state index in [-0.39, 0.29) is 12.1 Å². The van der Waals surface area contributed by atoms with Gasteiger partial charge in [-0.1, -0.05) is 17.7 Å². The average molecular weight is 377 g/mol. The summed E-state index contributed by atoms with van der Waals surface area (Å²) in [4.78, 5) is 8.51. The molecule has 1 aromatic heterocycles. The van der Waals surface area contributed by atoms with Gasteiger partial charge in [0.15, 0.2) is 0 Å². The van der Waals surface area contributed by atoms with Gasteiger partial charge in [0, 0.05) is 18.4 Å². The summed E-state index contributed by atoms with van der Waals surface area (Å²) in [6.45, 7) is 1.93. The molecule has 0 atom stereocenters. The van der Waals surface area contributed by atoms with Crippen LogP contribution >= 0.6 is 0 Å². The minimum absolute atomic E-state index is 0.0271. The van der Waals surface area contributed by atoms with Crippen molar-refractivity contribution >= 4 is 10.0 Å². The van der Waals surface area contributed by atoms with Crippen LogP contribution in [0.4, 0.5) is 0 Å². The van der Waals surface area contributed by atoms with E-state index in [9.17, 15) is 8.42 Å². The van der Waals surface area contributed by atoms with Crippen LogP contribution in [-0.4, -0.2) is 37.6 Å². The van der Waals surface area contributed by atoms with Gasteiger partial charge in [0.2, 0.25) is 10.0 Å². The maximum Gasteiger partial charge on any atom is 0.278 e. The Balaban J connectivity index is 1.56. The van der Waals surface area contributed by atoms with Crippen LogP contribution in [0.1, 0.15) is 31.2 Å². The average Bonchev–Trinajstić information content (AvgIpc) is 2.64. The van der Waals surface area contributed by atoms with Crippen molar-refractivity contribution in [1.29, 1.82) is 0 Å². The first-order valence-electron chi connectivity index (χ1n) is 8.58. The number of nitrogens with zero attached hydrogens (tertiary/aromatic N) is 2. The molecule has 8 heteroatoms. The Bertz CT molecular complexity index is 832. The van der Waals surface area contributed by atoms with Crippen LogP contribution < -0.4 is 14.2 Å². The first-order valence-corrected chi connectivity index (χ1v) is 10.1. The molecule has 0 saturated heterocycles. The maximum atomic E-state index is 12.5. The Kier molecular flexibility index (Phi) is 5.73. The van der Waals surface area contributed by atoms with Crippen LogP contribution in [0.5, 0.6) is 11.8 Å². The highest BCUT2D eigenvalue weighted by atomic mass is 32.2. The highest BCUT2D eigenvalue weighted by Gasteiger charge is 2.27. The van der Waals surface area contributed by atoms with Crippen LogP contribution in [0.3, 0.4) is 0 Å². The fraction of sp³-hybridized carbons (Fsp3) is 0.444. The predicted octanol–water partition coefficient (Wildman–Crippen LogP) is 2.46. The third-order valence-corrected chi connectivity index (χ3v) is 5.97. The summed E-state index contributed by atoms with van der Waals surface area (Å²) in [6.07, 6.45) is 5.96. The van der Waals surface area contributed by atoms with E-state index < -0.39 is 10.0 Å². The first kappa shape index (κ1) is 18.6. The second-order valence-electron chi connectivity index (χ2n) is 6.40. The molecule has 1 aliphatic carbocycles. The Hall–Kier alpha value is -2.19. The minimum atomic E-state index is -3.50. The topological polar surface area (TPSA) is 90.4 Å². The fourth-order valence-electron chi connectivity index (χ4n) is 2.99. The number of rotatable bonds is 6.